The molecule has 1 saturated heterocycles. The molecule has 0 spiro atoms. The summed E-state index contributed by atoms with van der Waals surface area (Å²) in [7, 11) is 0. The third-order valence-corrected chi connectivity index (χ3v) is 4.94. The van der Waals surface area contributed by atoms with Gasteiger partial charge in [0.25, 0.3) is 0 Å². The van der Waals surface area contributed by atoms with E-state index in [0.29, 0.717) is 17.8 Å². The first kappa shape index (κ1) is 16.8. The molecule has 6 heteroatoms. The van der Waals surface area contributed by atoms with E-state index in [4.69, 9.17) is 0 Å². The van der Waals surface area contributed by atoms with Gasteiger partial charge in [-0.2, -0.15) is 0 Å². The normalized spacial score (nSPS) is 16.2. The number of aromatic carboxylic acids is 1. The molecule has 4 rings (SSSR count). The van der Waals surface area contributed by atoms with Gasteiger partial charge in [0.1, 0.15) is 0 Å². The number of aromatic amines is 1. The predicted molar refractivity (Wildman–Crippen MR) is 100 cm³/mol. The predicted octanol–water partition coefficient (Wildman–Crippen LogP) is 2.58. The highest BCUT2D eigenvalue weighted by molar-refractivity contribution is 5.88. The number of carboxylic acid groups (broad SMARTS) is 1. The van der Waals surface area contributed by atoms with Gasteiger partial charge in [0.15, 0.2) is 0 Å². The monoisotopic (exact) mass is 350 g/mol. The van der Waals surface area contributed by atoms with Crippen molar-refractivity contribution in [2.75, 3.05) is 26.2 Å². The Balaban J connectivity index is 1.35. The number of fused-ring (bicyclic) bond motifs is 1. The molecule has 6 nitrogen and oxygen atoms in total. The maximum atomic E-state index is 11.3. The number of nitrogens with zero attached hydrogens (tertiary/aromatic N) is 3. The molecule has 0 amide bonds. The highest BCUT2D eigenvalue weighted by atomic mass is 16.4. The van der Waals surface area contributed by atoms with Gasteiger partial charge in [0.2, 0.25) is 0 Å². The van der Waals surface area contributed by atoms with Crippen LogP contribution in [0.3, 0.4) is 0 Å². The van der Waals surface area contributed by atoms with E-state index in [1.165, 1.54) is 16.6 Å². The number of hydrogen-bond donors (Lipinski definition) is 2. The van der Waals surface area contributed by atoms with Gasteiger partial charge in [-0.15, -0.1) is 0 Å². The van der Waals surface area contributed by atoms with Crippen LogP contribution in [0.5, 0.6) is 0 Å². The lowest BCUT2D eigenvalue weighted by Gasteiger charge is -2.34. The topological polar surface area (TPSA) is 72.5 Å². The molecule has 2 N–H and O–H groups in total. The number of aromatic nitrogens is 2. The fourth-order valence-corrected chi connectivity index (χ4v) is 3.54. The number of pyridine rings is 1. The van der Waals surface area contributed by atoms with E-state index < -0.39 is 5.97 Å². The van der Waals surface area contributed by atoms with Crippen molar-refractivity contribution in [3.8, 4) is 0 Å². The number of carbonyl (C=O) groups is 1. The number of benzene rings is 1. The number of piperazine rings is 1. The lowest BCUT2D eigenvalue weighted by Crippen LogP contribution is -2.45. The van der Waals surface area contributed by atoms with Crippen LogP contribution in [-0.2, 0) is 13.1 Å². The lowest BCUT2D eigenvalue weighted by atomic mass is 10.1. The van der Waals surface area contributed by atoms with Gasteiger partial charge >= 0.3 is 5.97 Å². The molecule has 2 aromatic heterocycles. The summed E-state index contributed by atoms with van der Waals surface area (Å²) in [6, 6.07) is 13.8. The summed E-state index contributed by atoms with van der Waals surface area (Å²) in [6.45, 7) is 5.25. The van der Waals surface area contributed by atoms with Crippen molar-refractivity contribution in [3.63, 3.8) is 0 Å². The number of rotatable bonds is 5. The number of hydrogen-bond acceptors (Lipinski definition) is 4. The van der Waals surface area contributed by atoms with Crippen LogP contribution in [0.4, 0.5) is 0 Å². The van der Waals surface area contributed by atoms with Crippen LogP contribution in [0, 0.1) is 0 Å². The standard InChI is InChI=1S/C20H22N4O2/c25-20(26)17-5-3-7-21-19(17)14-24-10-8-23(9-11-24)13-16-12-15-4-1-2-6-18(15)22-16/h1-7,12,22H,8-11,13-14H2,(H,25,26). The van der Waals surface area contributed by atoms with Gasteiger partial charge in [-0.25, -0.2) is 4.79 Å². The number of H-pyrrole nitrogens is 1. The highest BCUT2D eigenvalue weighted by Gasteiger charge is 2.20. The van der Waals surface area contributed by atoms with Crippen molar-refractivity contribution in [2.24, 2.45) is 0 Å². The first-order valence-electron chi connectivity index (χ1n) is 8.87. The minimum Gasteiger partial charge on any atom is -0.478 e. The van der Waals surface area contributed by atoms with E-state index in [1.54, 1.807) is 18.3 Å². The van der Waals surface area contributed by atoms with E-state index >= 15 is 0 Å². The van der Waals surface area contributed by atoms with Crippen LogP contribution < -0.4 is 0 Å². The maximum Gasteiger partial charge on any atom is 0.337 e. The van der Waals surface area contributed by atoms with Gasteiger partial charge in [-0.1, -0.05) is 18.2 Å². The summed E-state index contributed by atoms with van der Waals surface area (Å²) in [5, 5.41) is 10.5. The Labute approximate surface area is 152 Å². The largest absolute Gasteiger partial charge is 0.478 e. The van der Waals surface area contributed by atoms with E-state index in [-0.39, 0.29) is 0 Å². The van der Waals surface area contributed by atoms with Crippen LogP contribution in [0.15, 0.2) is 48.7 Å². The van der Waals surface area contributed by atoms with Crippen LogP contribution in [0.1, 0.15) is 21.7 Å². The fraction of sp³-hybridized carbons (Fsp3) is 0.300. The second-order valence-corrected chi connectivity index (χ2v) is 6.74. The van der Waals surface area contributed by atoms with Crippen LogP contribution >= 0.6 is 0 Å². The first-order chi connectivity index (χ1) is 12.7. The van der Waals surface area contributed by atoms with E-state index in [9.17, 15) is 9.90 Å². The number of carboxylic acids is 1. The van der Waals surface area contributed by atoms with Crippen molar-refractivity contribution in [3.05, 3.63) is 65.6 Å². The van der Waals surface area contributed by atoms with Crippen LogP contribution in [-0.4, -0.2) is 57.0 Å². The molecule has 1 fully saturated rings. The second kappa shape index (κ2) is 7.27. The quantitative estimate of drug-likeness (QED) is 0.740. The van der Waals surface area contributed by atoms with Gasteiger partial charge in [0, 0.05) is 56.7 Å². The lowest BCUT2D eigenvalue weighted by molar-refractivity contribution is 0.0691. The zero-order valence-electron chi connectivity index (χ0n) is 14.6. The van der Waals surface area contributed by atoms with Crippen LogP contribution in [0.25, 0.3) is 10.9 Å². The summed E-state index contributed by atoms with van der Waals surface area (Å²) in [5.74, 6) is -0.912. The summed E-state index contributed by atoms with van der Waals surface area (Å²) < 4.78 is 0. The Bertz CT molecular complexity index is 880. The summed E-state index contributed by atoms with van der Waals surface area (Å²) in [6.07, 6.45) is 1.66. The Hall–Kier alpha value is -2.70. The SMILES string of the molecule is O=C(O)c1cccnc1CN1CCN(Cc2cc3ccccc3[nH]2)CC1. The average molecular weight is 350 g/mol. The van der Waals surface area contributed by atoms with Crippen LogP contribution in [0.2, 0.25) is 0 Å². The van der Waals surface area contributed by atoms with E-state index in [2.05, 4.69) is 44.0 Å². The van der Waals surface area contributed by atoms with E-state index in [0.717, 1.165) is 32.7 Å². The van der Waals surface area contributed by atoms with Gasteiger partial charge < -0.3 is 10.1 Å². The summed E-state index contributed by atoms with van der Waals surface area (Å²) >= 11 is 0. The molecule has 0 aliphatic carbocycles. The molecule has 0 unspecified atom stereocenters. The van der Waals surface area contributed by atoms with Crippen molar-refractivity contribution >= 4 is 16.9 Å². The fourth-order valence-electron chi connectivity index (χ4n) is 3.54. The molecule has 3 heterocycles. The van der Waals surface area contributed by atoms with Gasteiger partial charge in [-0.05, 0) is 29.7 Å². The second-order valence-electron chi connectivity index (χ2n) is 6.74. The first-order valence-corrected chi connectivity index (χ1v) is 8.87. The molecular weight excluding hydrogens is 328 g/mol. The van der Waals surface area contributed by atoms with Crippen molar-refractivity contribution in [1.29, 1.82) is 0 Å². The molecule has 26 heavy (non-hydrogen) atoms. The average Bonchev–Trinajstić information content (AvgIpc) is 3.06. The third kappa shape index (κ3) is 3.61. The van der Waals surface area contributed by atoms with Gasteiger partial charge in [-0.3, -0.25) is 14.8 Å². The van der Waals surface area contributed by atoms with Crippen molar-refractivity contribution < 1.29 is 9.90 Å². The molecule has 1 aromatic carbocycles. The van der Waals surface area contributed by atoms with E-state index in [1.807, 2.05) is 6.07 Å². The number of para-hydroxylation sites is 1. The molecule has 0 saturated carbocycles. The summed E-state index contributed by atoms with van der Waals surface area (Å²) in [4.78, 5) is 23.8. The Morgan fingerprint density at radius 1 is 1.04 bits per heavy atom. The Morgan fingerprint density at radius 3 is 2.50 bits per heavy atom. The Kier molecular flexibility index (Phi) is 4.69. The van der Waals surface area contributed by atoms with Crippen molar-refractivity contribution in [1.82, 2.24) is 19.8 Å². The minimum absolute atomic E-state index is 0.299. The Morgan fingerprint density at radius 2 is 1.77 bits per heavy atom. The minimum atomic E-state index is -0.912. The maximum absolute atomic E-state index is 11.3. The highest BCUT2D eigenvalue weighted by Crippen LogP contribution is 2.17. The number of nitrogens with one attached hydrogen (secondary N) is 1. The molecular formula is C20H22N4O2. The van der Waals surface area contributed by atoms with Crippen molar-refractivity contribution in [2.45, 2.75) is 13.1 Å². The molecule has 0 radical (unpaired) electrons. The molecule has 134 valence electrons. The zero-order valence-corrected chi connectivity index (χ0v) is 14.6. The molecule has 3 aromatic rings. The molecule has 1 aliphatic rings. The van der Waals surface area contributed by atoms with Gasteiger partial charge in [0.05, 0.1) is 11.3 Å². The molecule has 1 aliphatic heterocycles. The summed E-state index contributed by atoms with van der Waals surface area (Å²) in [5.41, 5.74) is 3.35. The zero-order chi connectivity index (χ0) is 17.9. The molecule has 0 bridgehead atoms. The third-order valence-electron chi connectivity index (χ3n) is 4.94. The molecule has 0 atom stereocenters. The smallest absolute Gasteiger partial charge is 0.337 e.